The van der Waals surface area contributed by atoms with E-state index in [2.05, 4.69) is 40.2 Å². The largest absolute Gasteiger partial charge is 0.456 e. The standard InChI is InChI=1S/C30H17BrO/c31-30-23-11-5-3-9-21(23)28(22-10-4-6-12-24(22)30)19-13-15-25-27(17-19)32-26-16-14-18-7-1-2-8-20(18)29(25)26/h1-17H/i1D,2D,7D,8D,14D,16D. The van der Waals surface area contributed by atoms with Gasteiger partial charge in [-0.2, -0.15) is 0 Å². The van der Waals surface area contributed by atoms with Crippen molar-refractivity contribution in [1.29, 1.82) is 0 Å². The second-order valence-electron chi connectivity index (χ2n) is 7.80. The Labute approximate surface area is 201 Å². The van der Waals surface area contributed by atoms with Crippen molar-refractivity contribution in [3.63, 3.8) is 0 Å². The highest BCUT2D eigenvalue weighted by Gasteiger charge is 2.16. The number of halogens is 1. The summed E-state index contributed by atoms with van der Waals surface area (Å²) >= 11 is 3.79. The fourth-order valence-electron chi connectivity index (χ4n) is 4.69. The lowest BCUT2D eigenvalue weighted by atomic mass is 9.91. The molecule has 2 heteroatoms. The van der Waals surface area contributed by atoms with Crippen LogP contribution in [0.3, 0.4) is 0 Å². The molecule has 1 aromatic heterocycles. The van der Waals surface area contributed by atoms with E-state index in [1.807, 2.05) is 42.5 Å². The lowest BCUT2D eigenvalue weighted by Crippen LogP contribution is -1.87. The van der Waals surface area contributed by atoms with Gasteiger partial charge in [-0.05, 0) is 77.5 Å². The summed E-state index contributed by atoms with van der Waals surface area (Å²) in [5, 5.41) is 5.62. The molecule has 0 spiro atoms. The number of hydrogen-bond donors (Lipinski definition) is 0. The number of benzene rings is 6. The number of rotatable bonds is 1. The van der Waals surface area contributed by atoms with Crippen molar-refractivity contribution >= 4 is 70.2 Å². The van der Waals surface area contributed by atoms with Crippen LogP contribution in [0.1, 0.15) is 8.22 Å². The minimum absolute atomic E-state index is 0.0326. The molecule has 0 saturated carbocycles. The Balaban J connectivity index is 1.63. The van der Waals surface area contributed by atoms with Crippen LogP contribution in [0.5, 0.6) is 0 Å². The van der Waals surface area contributed by atoms with E-state index in [9.17, 15) is 0 Å². The second kappa shape index (κ2) is 6.69. The van der Waals surface area contributed by atoms with E-state index in [1.165, 1.54) is 0 Å². The van der Waals surface area contributed by atoms with Crippen molar-refractivity contribution in [2.75, 3.05) is 0 Å². The molecule has 6 aromatic carbocycles. The third-order valence-corrected chi connectivity index (χ3v) is 6.94. The number of fused-ring (bicyclic) bond motifs is 7. The summed E-state index contributed by atoms with van der Waals surface area (Å²) in [6.07, 6.45) is 0. The number of hydrogen-bond acceptors (Lipinski definition) is 1. The third-order valence-electron chi connectivity index (χ3n) is 6.08. The van der Waals surface area contributed by atoms with E-state index in [0.29, 0.717) is 16.4 Å². The average Bonchev–Trinajstić information content (AvgIpc) is 3.32. The molecule has 0 saturated heterocycles. The van der Waals surface area contributed by atoms with Crippen LogP contribution in [0, 0.1) is 0 Å². The van der Waals surface area contributed by atoms with Crippen molar-refractivity contribution in [2.45, 2.75) is 0 Å². The highest BCUT2D eigenvalue weighted by atomic mass is 79.9. The topological polar surface area (TPSA) is 13.1 Å². The smallest absolute Gasteiger partial charge is 0.136 e. The molecule has 1 nitrogen and oxygen atoms in total. The van der Waals surface area contributed by atoms with Gasteiger partial charge in [0, 0.05) is 15.2 Å². The summed E-state index contributed by atoms with van der Waals surface area (Å²) < 4.78 is 57.6. The van der Waals surface area contributed by atoms with Crippen molar-refractivity contribution in [1.82, 2.24) is 0 Å². The molecule has 0 amide bonds. The van der Waals surface area contributed by atoms with Crippen LogP contribution in [-0.2, 0) is 0 Å². The van der Waals surface area contributed by atoms with Crippen LogP contribution in [0.25, 0.3) is 65.4 Å². The summed E-state index contributed by atoms with van der Waals surface area (Å²) in [6.45, 7) is 0. The van der Waals surface area contributed by atoms with Crippen molar-refractivity contribution in [3.8, 4) is 11.1 Å². The summed E-state index contributed by atoms with van der Waals surface area (Å²) in [6, 6.07) is 20.3. The summed E-state index contributed by atoms with van der Waals surface area (Å²) in [5.74, 6) is 0. The van der Waals surface area contributed by atoms with Crippen LogP contribution >= 0.6 is 15.9 Å². The Morgan fingerprint density at radius 2 is 1.31 bits per heavy atom. The first-order valence-corrected chi connectivity index (χ1v) is 11.0. The SMILES string of the molecule is [2H]c1c([2H])c([2H])c2c(c1[2H])c([2H])c([2H])c1oc3cc(-c4c5ccccc5c(Br)c5ccccc45)ccc3c12. The Kier molecular flexibility index (Phi) is 2.73. The van der Waals surface area contributed by atoms with Crippen LogP contribution in [0.4, 0.5) is 0 Å². The van der Waals surface area contributed by atoms with Crippen molar-refractivity contribution in [2.24, 2.45) is 0 Å². The molecule has 0 aliphatic rings. The molecule has 0 radical (unpaired) electrons. The molecular weight excluding hydrogens is 456 g/mol. The van der Waals surface area contributed by atoms with E-state index in [4.69, 9.17) is 12.6 Å². The van der Waals surface area contributed by atoms with Gasteiger partial charge in [-0.3, -0.25) is 0 Å². The van der Waals surface area contributed by atoms with Gasteiger partial charge >= 0.3 is 0 Å². The van der Waals surface area contributed by atoms with E-state index < -0.39 is 6.04 Å². The van der Waals surface area contributed by atoms with Gasteiger partial charge < -0.3 is 4.42 Å². The summed E-state index contributed by atoms with van der Waals surface area (Å²) in [7, 11) is 0. The molecule has 150 valence electrons. The van der Waals surface area contributed by atoms with Gasteiger partial charge in [-0.1, -0.05) is 84.8 Å². The molecule has 0 unspecified atom stereocenters. The predicted molar refractivity (Wildman–Crippen MR) is 139 cm³/mol. The van der Waals surface area contributed by atoms with E-state index >= 15 is 0 Å². The minimum atomic E-state index is -0.418. The molecule has 7 aromatic rings. The minimum Gasteiger partial charge on any atom is -0.456 e. The van der Waals surface area contributed by atoms with Crippen LogP contribution in [0.15, 0.2) is 112 Å². The highest BCUT2D eigenvalue weighted by molar-refractivity contribution is 9.10. The van der Waals surface area contributed by atoms with Crippen LogP contribution < -0.4 is 0 Å². The van der Waals surface area contributed by atoms with E-state index in [-0.39, 0.29) is 46.6 Å². The van der Waals surface area contributed by atoms with Gasteiger partial charge in [0.15, 0.2) is 0 Å². The number of furan rings is 1. The predicted octanol–water partition coefficient (Wildman–Crippen LogP) is 9.48. The molecule has 0 fully saturated rings. The molecule has 7 rings (SSSR count). The molecular formula is C30H17BrO. The van der Waals surface area contributed by atoms with Crippen molar-refractivity contribution < 1.29 is 12.6 Å². The zero-order valence-corrected chi connectivity index (χ0v) is 18.2. The third kappa shape index (κ3) is 2.44. The lowest BCUT2D eigenvalue weighted by molar-refractivity contribution is 0.669. The second-order valence-corrected chi connectivity index (χ2v) is 8.59. The normalized spacial score (nSPS) is 14.5. The molecule has 1 heterocycles. The molecule has 0 N–H and O–H groups in total. The molecule has 0 atom stereocenters. The fourth-order valence-corrected chi connectivity index (χ4v) is 5.38. The first-order chi connectivity index (χ1) is 18.3. The first-order valence-electron chi connectivity index (χ1n) is 13.2. The van der Waals surface area contributed by atoms with E-state index in [0.717, 1.165) is 37.1 Å². The Morgan fingerprint density at radius 1 is 0.625 bits per heavy atom. The Morgan fingerprint density at radius 3 is 2.06 bits per heavy atom. The van der Waals surface area contributed by atoms with Gasteiger partial charge in [-0.15, -0.1) is 0 Å². The maximum Gasteiger partial charge on any atom is 0.136 e. The quantitative estimate of drug-likeness (QED) is 0.214. The molecule has 0 aliphatic carbocycles. The van der Waals surface area contributed by atoms with Gasteiger partial charge in [0.05, 0.1) is 8.22 Å². The summed E-state index contributed by atoms with van der Waals surface area (Å²) in [4.78, 5) is 0. The monoisotopic (exact) mass is 478 g/mol. The summed E-state index contributed by atoms with van der Waals surface area (Å²) in [5.41, 5.74) is 2.59. The average molecular weight is 479 g/mol. The Bertz CT molecular complexity index is 2110. The maximum atomic E-state index is 8.61. The van der Waals surface area contributed by atoms with Gasteiger partial charge in [0.2, 0.25) is 0 Å². The van der Waals surface area contributed by atoms with Crippen LogP contribution in [0.2, 0.25) is 0 Å². The first kappa shape index (κ1) is 13.0. The molecule has 0 bridgehead atoms. The molecule has 32 heavy (non-hydrogen) atoms. The maximum absolute atomic E-state index is 8.61. The van der Waals surface area contributed by atoms with Crippen LogP contribution in [-0.4, -0.2) is 0 Å². The zero-order chi connectivity index (χ0) is 26.5. The van der Waals surface area contributed by atoms with Gasteiger partial charge in [-0.25, -0.2) is 0 Å². The molecule has 0 aliphatic heterocycles. The van der Waals surface area contributed by atoms with Crippen molar-refractivity contribution in [3.05, 3.63) is 107 Å². The van der Waals surface area contributed by atoms with Gasteiger partial charge in [0.25, 0.3) is 0 Å². The van der Waals surface area contributed by atoms with E-state index in [1.54, 1.807) is 0 Å². The Hall–Kier alpha value is -3.62. The van der Waals surface area contributed by atoms with Gasteiger partial charge in [0.1, 0.15) is 11.2 Å². The lowest BCUT2D eigenvalue weighted by Gasteiger charge is -2.14. The zero-order valence-electron chi connectivity index (χ0n) is 22.6. The fraction of sp³-hybridized carbons (Fsp3) is 0. The highest BCUT2D eigenvalue weighted by Crippen LogP contribution is 2.43.